The predicted octanol–water partition coefficient (Wildman–Crippen LogP) is 7.01. The summed E-state index contributed by atoms with van der Waals surface area (Å²) in [4.78, 5) is 2.30. The molecule has 2 heteroatoms. The van der Waals surface area contributed by atoms with Gasteiger partial charge in [0.15, 0.2) is 0 Å². The number of anilines is 1. The van der Waals surface area contributed by atoms with E-state index in [1.54, 1.807) is 0 Å². The first-order valence-electron chi connectivity index (χ1n) is 11.3. The van der Waals surface area contributed by atoms with Crippen LogP contribution in [0, 0.1) is 0 Å². The van der Waals surface area contributed by atoms with Gasteiger partial charge in [0.2, 0.25) is 0 Å². The van der Waals surface area contributed by atoms with Crippen molar-refractivity contribution in [2.45, 2.75) is 72.3 Å². The van der Waals surface area contributed by atoms with Gasteiger partial charge in [-0.3, -0.25) is 0 Å². The van der Waals surface area contributed by atoms with Gasteiger partial charge in [-0.25, -0.2) is 0 Å². The second-order valence-electron chi connectivity index (χ2n) is 9.24. The summed E-state index contributed by atoms with van der Waals surface area (Å²) in [5.74, 6) is 0. The number of rotatable bonds is 10. The molecule has 0 unspecified atom stereocenters. The Labute approximate surface area is 184 Å². The summed E-state index contributed by atoms with van der Waals surface area (Å²) in [5.41, 5.74) is 14.9. The average molecular weight is 405 g/mol. The normalized spacial score (nSPS) is 11.4. The summed E-state index contributed by atoms with van der Waals surface area (Å²) in [6.07, 6.45) is 6.28. The Hall–Kier alpha value is -2.32. The Morgan fingerprint density at radius 3 is 2.23 bits per heavy atom. The van der Waals surface area contributed by atoms with Gasteiger partial charge in [-0.05, 0) is 58.2 Å². The third kappa shape index (κ3) is 6.09. The zero-order valence-corrected chi connectivity index (χ0v) is 19.7. The van der Waals surface area contributed by atoms with Crippen LogP contribution in [0.1, 0.15) is 75.3 Å². The minimum absolute atomic E-state index is 0.118. The lowest BCUT2D eigenvalue weighted by molar-refractivity contribution is 0.588. The van der Waals surface area contributed by atoms with Crippen LogP contribution in [0.2, 0.25) is 0 Å². The van der Waals surface area contributed by atoms with E-state index < -0.39 is 0 Å². The minimum atomic E-state index is 0.118. The van der Waals surface area contributed by atoms with Crippen molar-refractivity contribution < 1.29 is 0 Å². The molecule has 2 rings (SSSR count). The van der Waals surface area contributed by atoms with Crippen molar-refractivity contribution in [3.05, 3.63) is 83.1 Å². The monoisotopic (exact) mass is 404 g/mol. The summed E-state index contributed by atoms with van der Waals surface area (Å²) in [6.45, 7) is 20.8. The lowest BCUT2D eigenvalue weighted by atomic mass is 9.84. The van der Waals surface area contributed by atoms with Crippen LogP contribution in [0.15, 0.2) is 55.3 Å². The van der Waals surface area contributed by atoms with Gasteiger partial charge in [-0.1, -0.05) is 91.0 Å². The molecular weight excluding hydrogens is 364 g/mol. The van der Waals surface area contributed by atoms with Gasteiger partial charge in [0.05, 0.1) is 0 Å². The molecule has 0 radical (unpaired) electrons. The van der Waals surface area contributed by atoms with Crippen molar-refractivity contribution in [2.75, 3.05) is 11.4 Å². The van der Waals surface area contributed by atoms with Crippen LogP contribution >= 0.6 is 0 Å². The largest absolute Gasteiger partial charge is 0.340 e. The second-order valence-corrected chi connectivity index (χ2v) is 9.24. The number of benzene rings is 2. The van der Waals surface area contributed by atoms with Crippen molar-refractivity contribution >= 4 is 11.8 Å². The number of hydrogen-bond acceptors (Lipinski definition) is 2. The van der Waals surface area contributed by atoms with E-state index in [9.17, 15) is 0 Å². The molecule has 2 aromatic carbocycles. The Bertz CT molecular complexity index is 871. The highest BCUT2D eigenvalue weighted by Crippen LogP contribution is 2.30. The Morgan fingerprint density at radius 1 is 1.00 bits per heavy atom. The van der Waals surface area contributed by atoms with Crippen LogP contribution in [-0.2, 0) is 24.8 Å². The van der Waals surface area contributed by atoms with Crippen molar-refractivity contribution in [3.8, 4) is 0 Å². The molecule has 0 aliphatic carbocycles. The van der Waals surface area contributed by atoms with Gasteiger partial charge in [0, 0.05) is 24.5 Å². The summed E-state index contributed by atoms with van der Waals surface area (Å²) in [5, 5.41) is 0. The molecule has 2 aromatic rings. The van der Waals surface area contributed by atoms with Gasteiger partial charge in [-0.15, -0.1) is 0 Å². The molecule has 0 saturated carbocycles. The molecular formula is C28H40N2. The Balaban J connectivity index is 2.54. The highest BCUT2D eigenvalue weighted by Gasteiger charge is 2.18. The van der Waals surface area contributed by atoms with Crippen LogP contribution in [-0.4, -0.2) is 6.54 Å². The topological polar surface area (TPSA) is 29.3 Å². The molecule has 0 heterocycles. The molecule has 0 atom stereocenters. The first-order chi connectivity index (χ1) is 14.2. The molecule has 0 aliphatic heterocycles. The molecule has 30 heavy (non-hydrogen) atoms. The van der Waals surface area contributed by atoms with Crippen LogP contribution in [0.5, 0.6) is 0 Å². The number of aryl methyl sites for hydroxylation is 2. The van der Waals surface area contributed by atoms with Crippen LogP contribution in [0.25, 0.3) is 6.08 Å². The predicted molar refractivity (Wildman–Crippen MR) is 134 cm³/mol. The fraction of sp³-hybridized carbons (Fsp3) is 0.429. The van der Waals surface area contributed by atoms with E-state index in [-0.39, 0.29) is 5.41 Å². The molecule has 0 amide bonds. The van der Waals surface area contributed by atoms with E-state index in [1.807, 2.05) is 6.08 Å². The number of hydrogen-bond donors (Lipinski definition) is 1. The molecule has 0 bridgehead atoms. The average Bonchev–Trinajstić information content (AvgIpc) is 2.71. The molecule has 0 aliphatic rings. The van der Waals surface area contributed by atoms with E-state index in [0.717, 1.165) is 43.5 Å². The third-order valence-corrected chi connectivity index (χ3v) is 5.56. The molecule has 2 N–H and O–H groups in total. The van der Waals surface area contributed by atoms with E-state index in [1.165, 1.54) is 27.9 Å². The number of nitrogens with zero attached hydrogens (tertiary/aromatic N) is 1. The fourth-order valence-corrected chi connectivity index (χ4v) is 3.85. The lowest BCUT2D eigenvalue weighted by Crippen LogP contribution is -2.27. The summed E-state index contributed by atoms with van der Waals surface area (Å²) in [7, 11) is 0. The molecule has 2 nitrogen and oxygen atoms in total. The summed E-state index contributed by atoms with van der Waals surface area (Å²) >= 11 is 0. The summed E-state index contributed by atoms with van der Waals surface area (Å²) in [6, 6.07) is 13.7. The second kappa shape index (κ2) is 10.6. The summed E-state index contributed by atoms with van der Waals surface area (Å²) < 4.78 is 0. The maximum atomic E-state index is 6.06. The Morgan fingerprint density at radius 2 is 1.67 bits per heavy atom. The maximum absolute atomic E-state index is 6.06. The number of nitrogens with two attached hydrogens (primary N) is 1. The van der Waals surface area contributed by atoms with E-state index in [2.05, 4.69) is 89.1 Å². The molecule has 0 fully saturated rings. The van der Waals surface area contributed by atoms with Crippen LogP contribution < -0.4 is 10.6 Å². The third-order valence-electron chi connectivity index (χ3n) is 5.56. The van der Waals surface area contributed by atoms with E-state index in [0.29, 0.717) is 6.54 Å². The SMILES string of the molecule is C=Cc1ccc(N(Cc2cc(CCC)cc(C(C)(C)C)c2)C(=C)CN)c(CCC)c1. The zero-order valence-electron chi connectivity index (χ0n) is 19.7. The molecule has 0 aromatic heterocycles. The van der Waals surface area contributed by atoms with Gasteiger partial charge in [-0.2, -0.15) is 0 Å². The Kier molecular flexibility index (Phi) is 8.49. The lowest BCUT2D eigenvalue weighted by Gasteiger charge is -2.30. The van der Waals surface area contributed by atoms with Crippen molar-refractivity contribution in [1.82, 2.24) is 0 Å². The van der Waals surface area contributed by atoms with Gasteiger partial charge < -0.3 is 10.6 Å². The smallest absolute Gasteiger partial charge is 0.0479 e. The standard InChI is InChI=1S/C28H40N2/c1-8-11-23-15-24(18-26(17-23)28(5,6)7)20-30(21(4)19-29)27-14-13-22(10-3)16-25(27)12-9-2/h10,13-18H,3-4,8-9,11-12,19-20,29H2,1-2,5-7H3. The maximum Gasteiger partial charge on any atom is 0.0479 e. The van der Waals surface area contributed by atoms with Crippen molar-refractivity contribution in [2.24, 2.45) is 5.73 Å². The van der Waals surface area contributed by atoms with Crippen LogP contribution in [0.3, 0.4) is 0 Å². The van der Waals surface area contributed by atoms with Gasteiger partial charge >= 0.3 is 0 Å². The quantitative estimate of drug-likeness (QED) is 0.461. The molecule has 0 saturated heterocycles. The minimum Gasteiger partial charge on any atom is -0.340 e. The van der Waals surface area contributed by atoms with Gasteiger partial charge in [0.25, 0.3) is 0 Å². The highest BCUT2D eigenvalue weighted by molar-refractivity contribution is 5.63. The first-order valence-corrected chi connectivity index (χ1v) is 11.3. The first kappa shape index (κ1) is 24.0. The highest BCUT2D eigenvalue weighted by atomic mass is 15.1. The van der Waals surface area contributed by atoms with Crippen molar-refractivity contribution in [3.63, 3.8) is 0 Å². The molecule has 0 spiro atoms. The zero-order chi connectivity index (χ0) is 22.3. The van der Waals surface area contributed by atoms with E-state index >= 15 is 0 Å². The van der Waals surface area contributed by atoms with E-state index in [4.69, 9.17) is 5.73 Å². The van der Waals surface area contributed by atoms with Crippen LogP contribution in [0.4, 0.5) is 5.69 Å². The fourth-order valence-electron chi connectivity index (χ4n) is 3.85. The van der Waals surface area contributed by atoms with Gasteiger partial charge in [0.1, 0.15) is 0 Å². The van der Waals surface area contributed by atoms with Crippen molar-refractivity contribution in [1.29, 1.82) is 0 Å². The molecule has 162 valence electrons.